The molecule has 28 heavy (non-hydrogen) atoms. The van der Waals surface area contributed by atoms with Crippen LogP contribution in [0.25, 0.3) is 16.9 Å². The molecule has 6 nitrogen and oxygen atoms in total. The smallest absolute Gasteiger partial charge is 0.406 e. The first kappa shape index (κ1) is 18.0. The fourth-order valence-electron chi connectivity index (χ4n) is 2.61. The number of amides is 1. The molecule has 0 atom stereocenters. The van der Waals surface area contributed by atoms with Gasteiger partial charge < -0.3 is 14.5 Å². The number of ether oxygens (including phenoxy) is 1. The molecular formula is C18H11F3N4O2S. The third-order valence-electron chi connectivity index (χ3n) is 3.76. The molecule has 0 spiro atoms. The molecule has 1 N–H and O–H groups in total. The van der Waals surface area contributed by atoms with E-state index in [-0.39, 0.29) is 17.4 Å². The predicted octanol–water partition coefficient (Wildman–Crippen LogP) is 4.61. The zero-order valence-corrected chi connectivity index (χ0v) is 14.8. The van der Waals surface area contributed by atoms with E-state index in [0.29, 0.717) is 22.6 Å². The van der Waals surface area contributed by atoms with Crippen molar-refractivity contribution in [1.82, 2.24) is 14.4 Å². The van der Waals surface area contributed by atoms with Crippen molar-refractivity contribution in [2.45, 2.75) is 6.36 Å². The number of nitrogens with zero attached hydrogens (tertiary/aromatic N) is 3. The van der Waals surface area contributed by atoms with E-state index < -0.39 is 6.36 Å². The molecule has 0 radical (unpaired) electrons. The van der Waals surface area contributed by atoms with Gasteiger partial charge in [-0.15, -0.1) is 24.5 Å². The largest absolute Gasteiger partial charge is 0.573 e. The highest BCUT2D eigenvalue weighted by atomic mass is 32.1. The molecule has 4 aromatic rings. The monoisotopic (exact) mass is 404 g/mol. The molecule has 0 saturated carbocycles. The van der Waals surface area contributed by atoms with Gasteiger partial charge in [0.15, 0.2) is 5.65 Å². The number of anilines is 1. The van der Waals surface area contributed by atoms with Crippen LogP contribution in [-0.2, 0) is 0 Å². The lowest BCUT2D eigenvalue weighted by molar-refractivity contribution is -0.274. The Hall–Kier alpha value is -3.40. The van der Waals surface area contributed by atoms with Crippen LogP contribution in [0.15, 0.2) is 59.7 Å². The third kappa shape index (κ3) is 3.81. The summed E-state index contributed by atoms with van der Waals surface area (Å²) in [6.45, 7) is 0. The van der Waals surface area contributed by atoms with Crippen molar-refractivity contribution in [2.75, 3.05) is 5.32 Å². The van der Waals surface area contributed by atoms with Crippen LogP contribution in [0.2, 0.25) is 0 Å². The molecule has 4 rings (SSSR count). The third-order valence-corrected chi connectivity index (χ3v) is 4.35. The van der Waals surface area contributed by atoms with Gasteiger partial charge in [-0.2, -0.15) is 0 Å². The molecule has 1 amide bonds. The van der Waals surface area contributed by atoms with E-state index in [0.717, 1.165) is 0 Å². The number of aromatic nitrogens is 3. The number of halogens is 3. The number of benzene rings is 1. The topological polar surface area (TPSA) is 68.5 Å². The minimum absolute atomic E-state index is 0.288. The zero-order valence-electron chi connectivity index (χ0n) is 14.0. The maximum absolute atomic E-state index is 12.4. The molecule has 3 heterocycles. The number of rotatable bonds is 4. The average molecular weight is 404 g/mol. The second-order valence-corrected chi connectivity index (χ2v) is 6.40. The van der Waals surface area contributed by atoms with Gasteiger partial charge in [-0.25, -0.2) is 9.97 Å². The molecule has 0 unspecified atom stereocenters. The Morgan fingerprint density at radius 3 is 2.82 bits per heavy atom. The maximum Gasteiger partial charge on any atom is 0.573 e. The Kier molecular flexibility index (Phi) is 4.47. The zero-order chi connectivity index (χ0) is 19.7. The fourth-order valence-corrected chi connectivity index (χ4v) is 3.15. The average Bonchev–Trinajstić information content (AvgIpc) is 3.31. The molecule has 0 aliphatic rings. The Morgan fingerprint density at radius 2 is 2.07 bits per heavy atom. The van der Waals surface area contributed by atoms with Crippen molar-refractivity contribution in [2.24, 2.45) is 0 Å². The molecule has 0 aliphatic carbocycles. The van der Waals surface area contributed by atoms with E-state index in [4.69, 9.17) is 0 Å². The number of nitrogens with one attached hydrogen (secondary N) is 1. The number of pyridine rings is 1. The summed E-state index contributed by atoms with van der Waals surface area (Å²) in [7, 11) is 0. The number of fused-ring (bicyclic) bond motifs is 1. The Labute approximate surface area is 160 Å². The van der Waals surface area contributed by atoms with Crippen LogP contribution in [0.3, 0.4) is 0 Å². The van der Waals surface area contributed by atoms with Gasteiger partial charge in [0.1, 0.15) is 11.4 Å². The summed E-state index contributed by atoms with van der Waals surface area (Å²) in [4.78, 5) is 20.7. The van der Waals surface area contributed by atoms with E-state index in [1.54, 1.807) is 45.9 Å². The summed E-state index contributed by atoms with van der Waals surface area (Å²) in [5.74, 6) is -0.710. The minimum Gasteiger partial charge on any atom is -0.406 e. The van der Waals surface area contributed by atoms with Gasteiger partial charge in [0.2, 0.25) is 0 Å². The molecule has 0 aliphatic heterocycles. The second-order valence-electron chi connectivity index (χ2n) is 5.68. The van der Waals surface area contributed by atoms with Gasteiger partial charge in [-0.3, -0.25) is 4.79 Å². The van der Waals surface area contributed by atoms with Crippen LogP contribution in [0.1, 0.15) is 10.5 Å². The van der Waals surface area contributed by atoms with E-state index >= 15 is 0 Å². The molecule has 0 saturated heterocycles. The molecule has 10 heteroatoms. The number of carbonyl (C=O) groups is 1. The van der Waals surface area contributed by atoms with Crippen LogP contribution in [0.5, 0.6) is 5.75 Å². The molecule has 3 aromatic heterocycles. The van der Waals surface area contributed by atoms with E-state index in [2.05, 4.69) is 20.0 Å². The molecule has 142 valence electrons. The van der Waals surface area contributed by atoms with Crippen LogP contribution >= 0.6 is 11.3 Å². The fraction of sp³-hybridized carbons (Fsp3) is 0.0556. The van der Waals surface area contributed by atoms with Gasteiger partial charge in [-0.05, 0) is 24.3 Å². The van der Waals surface area contributed by atoms with Crippen LogP contribution in [0, 0.1) is 0 Å². The first-order valence-electron chi connectivity index (χ1n) is 7.92. The highest BCUT2D eigenvalue weighted by Gasteiger charge is 2.31. The lowest BCUT2D eigenvalue weighted by Crippen LogP contribution is -2.17. The van der Waals surface area contributed by atoms with Gasteiger partial charge in [0.25, 0.3) is 5.91 Å². The number of hydrogen-bond acceptors (Lipinski definition) is 5. The van der Waals surface area contributed by atoms with Gasteiger partial charge in [0.05, 0.1) is 16.9 Å². The number of imidazole rings is 1. The van der Waals surface area contributed by atoms with E-state index in [1.807, 2.05) is 0 Å². The Balaban J connectivity index is 1.67. The summed E-state index contributed by atoms with van der Waals surface area (Å²) in [6.07, 6.45) is -1.40. The lowest BCUT2D eigenvalue weighted by Gasteiger charge is -2.09. The van der Waals surface area contributed by atoms with E-state index in [1.165, 1.54) is 29.5 Å². The lowest BCUT2D eigenvalue weighted by atomic mass is 10.1. The first-order chi connectivity index (χ1) is 13.4. The quantitative estimate of drug-likeness (QED) is 0.539. The number of carbonyl (C=O) groups excluding carboxylic acids is 1. The van der Waals surface area contributed by atoms with Gasteiger partial charge in [-0.1, -0.05) is 12.1 Å². The maximum atomic E-state index is 12.4. The SMILES string of the molecule is O=C(Nc1cccn2cc(-c3cccc(OC(F)(F)F)c3)nc12)c1cscn1. The van der Waals surface area contributed by atoms with Crippen molar-refractivity contribution in [3.63, 3.8) is 0 Å². The number of alkyl halides is 3. The molecule has 1 aromatic carbocycles. The number of thiazole rings is 1. The summed E-state index contributed by atoms with van der Waals surface area (Å²) in [6, 6.07) is 8.94. The molecule has 0 fully saturated rings. The van der Waals surface area contributed by atoms with Crippen LogP contribution in [0.4, 0.5) is 18.9 Å². The van der Waals surface area contributed by atoms with Crippen LogP contribution < -0.4 is 10.1 Å². The van der Waals surface area contributed by atoms with Crippen molar-refractivity contribution >= 4 is 28.6 Å². The minimum atomic E-state index is -4.77. The molecule has 0 bridgehead atoms. The normalized spacial score (nSPS) is 11.5. The van der Waals surface area contributed by atoms with E-state index in [9.17, 15) is 18.0 Å². The molecular weight excluding hydrogens is 393 g/mol. The summed E-state index contributed by atoms with van der Waals surface area (Å²) >= 11 is 1.30. The summed E-state index contributed by atoms with van der Waals surface area (Å²) in [5.41, 5.74) is 3.62. The van der Waals surface area contributed by atoms with Crippen molar-refractivity contribution in [3.8, 4) is 17.0 Å². The Morgan fingerprint density at radius 1 is 1.21 bits per heavy atom. The van der Waals surface area contributed by atoms with Gasteiger partial charge in [0, 0.05) is 23.3 Å². The predicted molar refractivity (Wildman–Crippen MR) is 97.4 cm³/mol. The Bertz CT molecular complexity index is 1140. The standard InChI is InChI=1S/C18H11F3N4O2S/c19-18(20,21)27-12-4-1-3-11(7-12)14-8-25-6-2-5-13(16(25)23-14)24-17(26)15-9-28-10-22-15/h1-10H,(H,24,26). The highest BCUT2D eigenvalue weighted by molar-refractivity contribution is 7.07. The van der Waals surface area contributed by atoms with Gasteiger partial charge >= 0.3 is 6.36 Å². The highest BCUT2D eigenvalue weighted by Crippen LogP contribution is 2.29. The van der Waals surface area contributed by atoms with Crippen LogP contribution in [-0.4, -0.2) is 26.6 Å². The summed E-state index contributed by atoms with van der Waals surface area (Å²) in [5, 5.41) is 4.37. The first-order valence-corrected chi connectivity index (χ1v) is 8.87. The second kappa shape index (κ2) is 6.97. The van der Waals surface area contributed by atoms with Crippen molar-refractivity contribution in [1.29, 1.82) is 0 Å². The number of hydrogen-bond donors (Lipinski definition) is 1. The summed E-state index contributed by atoms with van der Waals surface area (Å²) < 4.78 is 43.0. The van der Waals surface area contributed by atoms with Crippen molar-refractivity contribution < 1.29 is 22.7 Å². The van der Waals surface area contributed by atoms with Crippen molar-refractivity contribution in [3.05, 3.63) is 65.4 Å².